The van der Waals surface area contributed by atoms with Crippen LogP contribution in [0.4, 0.5) is 0 Å². The number of hydrogen-bond acceptors (Lipinski definition) is 4. The van der Waals surface area contributed by atoms with Gasteiger partial charge in [0.1, 0.15) is 5.75 Å². The zero-order valence-corrected chi connectivity index (χ0v) is 17.5. The fourth-order valence-electron chi connectivity index (χ4n) is 4.26. The Kier molecular flexibility index (Phi) is 6.80. The maximum atomic E-state index is 11.3. The van der Waals surface area contributed by atoms with Gasteiger partial charge in [0.2, 0.25) is 0 Å². The highest BCUT2D eigenvalue weighted by Crippen LogP contribution is 2.34. The lowest BCUT2D eigenvalue weighted by Gasteiger charge is -2.41. The largest absolute Gasteiger partial charge is 0.497 e. The SMILES string of the molecule is COc1ccc(CN2CCN([C@@H](c3ccccc3)[C@@H](O)c3ccccc3)CC2)cc1. The molecule has 0 saturated carbocycles. The van der Waals surface area contributed by atoms with Gasteiger partial charge in [0.25, 0.3) is 0 Å². The van der Waals surface area contributed by atoms with Gasteiger partial charge in [-0.05, 0) is 28.8 Å². The van der Waals surface area contributed by atoms with Crippen LogP contribution in [0.1, 0.15) is 28.8 Å². The third-order valence-electron chi connectivity index (χ3n) is 5.95. The van der Waals surface area contributed by atoms with Crippen LogP contribution < -0.4 is 4.74 Å². The third-order valence-corrected chi connectivity index (χ3v) is 5.95. The molecule has 1 aliphatic heterocycles. The second kappa shape index (κ2) is 9.90. The van der Waals surface area contributed by atoms with E-state index < -0.39 is 6.10 Å². The van der Waals surface area contributed by atoms with Crippen molar-refractivity contribution in [3.63, 3.8) is 0 Å². The van der Waals surface area contributed by atoms with E-state index in [1.165, 1.54) is 5.56 Å². The first kappa shape index (κ1) is 20.6. The highest BCUT2D eigenvalue weighted by atomic mass is 16.5. The van der Waals surface area contributed by atoms with Gasteiger partial charge < -0.3 is 9.84 Å². The number of benzene rings is 3. The first-order valence-electron chi connectivity index (χ1n) is 10.6. The third kappa shape index (κ3) is 4.90. The summed E-state index contributed by atoms with van der Waals surface area (Å²) >= 11 is 0. The van der Waals surface area contributed by atoms with E-state index in [1.54, 1.807) is 7.11 Å². The van der Waals surface area contributed by atoms with Gasteiger partial charge in [-0.1, -0.05) is 72.8 Å². The van der Waals surface area contributed by atoms with E-state index in [0.29, 0.717) is 0 Å². The highest BCUT2D eigenvalue weighted by Gasteiger charge is 2.31. The van der Waals surface area contributed by atoms with Crippen LogP contribution in [-0.4, -0.2) is 48.2 Å². The molecule has 1 heterocycles. The zero-order chi connectivity index (χ0) is 20.8. The highest BCUT2D eigenvalue weighted by molar-refractivity contribution is 5.28. The maximum Gasteiger partial charge on any atom is 0.118 e. The standard InChI is InChI=1S/C26H30N2O2/c1-30-24-14-12-21(13-15-24)20-27-16-18-28(19-17-27)25(22-8-4-2-5-9-22)26(29)23-10-6-3-7-11-23/h2-15,25-26,29H,16-20H2,1H3/t25-,26-/m0/s1. The summed E-state index contributed by atoms with van der Waals surface area (Å²) in [6, 6.07) is 28.7. The van der Waals surface area contributed by atoms with Crippen molar-refractivity contribution in [1.82, 2.24) is 9.80 Å². The first-order chi connectivity index (χ1) is 14.7. The summed E-state index contributed by atoms with van der Waals surface area (Å²) < 4.78 is 5.26. The van der Waals surface area contributed by atoms with Crippen molar-refractivity contribution in [2.24, 2.45) is 0 Å². The number of aliphatic hydroxyl groups is 1. The molecule has 4 heteroatoms. The Balaban J connectivity index is 1.45. The monoisotopic (exact) mass is 402 g/mol. The van der Waals surface area contributed by atoms with Gasteiger partial charge in [-0.25, -0.2) is 0 Å². The van der Waals surface area contributed by atoms with Gasteiger partial charge in [-0.3, -0.25) is 9.80 Å². The lowest BCUT2D eigenvalue weighted by Crippen LogP contribution is -2.48. The molecule has 0 amide bonds. The Labute approximate surface area is 179 Å². The second-order valence-corrected chi connectivity index (χ2v) is 7.87. The molecule has 0 aromatic heterocycles. The van der Waals surface area contributed by atoms with E-state index in [0.717, 1.165) is 49.6 Å². The molecule has 1 aliphatic rings. The van der Waals surface area contributed by atoms with Gasteiger partial charge in [0, 0.05) is 32.7 Å². The smallest absolute Gasteiger partial charge is 0.118 e. The molecule has 3 aromatic rings. The van der Waals surface area contributed by atoms with Crippen LogP contribution in [0.15, 0.2) is 84.9 Å². The van der Waals surface area contributed by atoms with Crippen molar-refractivity contribution >= 4 is 0 Å². The van der Waals surface area contributed by atoms with E-state index in [2.05, 4.69) is 46.2 Å². The Hall–Kier alpha value is -2.66. The summed E-state index contributed by atoms with van der Waals surface area (Å²) in [4.78, 5) is 4.91. The summed E-state index contributed by atoms with van der Waals surface area (Å²) in [6.45, 7) is 4.77. The Bertz CT molecular complexity index is 891. The fraction of sp³-hybridized carbons (Fsp3) is 0.308. The van der Waals surface area contributed by atoms with Crippen LogP contribution in [0.3, 0.4) is 0 Å². The molecule has 0 aliphatic carbocycles. The molecule has 30 heavy (non-hydrogen) atoms. The van der Waals surface area contributed by atoms with E-state index in [-0.39, 0.29) is 6.04 Å². The number of piperazine rings is 1. The first-order valence-corrected chi connectivity index (χ1v) is 10.6. The molecule has 0 bridgehead atoms. The van der Waals surface area contributed by atoms with Crippen LogP contribution in [0.25, 0.3) is 0 Å². The predicted molar refractivity (Wildman–Crippen MR) is 120 cm³/mol. The molecule has 1 fully saturated rings. The Morgan fingerprint density at radius 1 is 0.767 bits per heavy atom. The van der Waals surface area contributed by atoms with Crippen molar-refractivity contribution in [2.45, 2.75) is 18.7 Å². The predicted octanol–water partition coefficient (Wildman–Crippen LogP) is 4.29. The lowest BCUT2D eigenvalue weighted by molar-refractivity contribution is 0.0149. The minimum Gasteiger partial charge on any atom is -0.497 e. The topological polar surface area (TPSA) is 35.9 Å². The van der Waals surface area contributed by atoms with Crippen LogP contribution in [-0.2, 0) is 6.54 Å². The van der Waals surface area contributed by atoms with Crippen molar-refractivity contribution in [3.05, 3.63) is 102 Å². The van der Waals surface area contributed by atoms with Crippen molar-refractivity contribution in [3.8, 4) is 5.75 Å². The number of ether oxygens (including phenoxy) is 1. The van der Waals surface area contributed by atoms with Crippen LogP contribution in [0.5, 0.6) is 5.75 Å². The second-order valence-electron chi connectivity index (χ2n) is 7.87. The molecule has 2 atom stereocenters. The van der Waals surface area contributed by atoms with Gasteiger partial charge in [0.15, 0.2) is 0 Å². The number of methoxy groups -OCH3 is 1. The van der Waals surface area contributed by atoms with Crippen LogP contribution in [0, 0.1) is 0 Å². The number of hydrogen-bond donors (Lipinski definition) is 1. The number of rotatable bonds is 7. The summed E-state index contributed by atoms with van der Waals surface area (Å²) in [5.74, 6) is 0.893. The maximum absolute atomic E-state index is 11.3. The van der Waals surface area contributed by atoms with Gasteiger partial charge in [-0.2, -0.15) is 0 Å². The molecule has 1 N–H and O–H groups in total. The van der Waals surface area contributed by atoms with Gasteiger partial charge in [-0.15, -0.1) is 0 Å². The van der Waals surface area contributed by atoms with E-state index in [4.69, 9.17) is 4.74 Å². The van der Waals surface area contributed by atoms with E-state index in [9.17, 15) is 5.11 Å². The summed E-state index contributed by atoms with van der Waals surface area (Å²) in [5, 5.41) is 11.3. The average molecular weight is 403 g/mol. The zero-order valence-electron chi connectivity index (χ0n) is 17.5. The number of nitrogens with zero attached hydrogens (tertiary/aromatic N) is 2. The van der Waals surface area contributed by atoms with Crippen LogP contribution >= 0.6 is 0 Å². The summed E-state index contributed by atoms with van der Waals surface area (Å²) in [6.07, 6.45) is -0.554. The molecular formula is C26H30N2O2. The quantitative estimate of drug-likeness (QED) is 0.640. The Morgan fingerprint density at radius 2 is 1.33 bits per heavy atom. The molecule has 3 aromatic carbocycles. The molecule has 4 nitrogen and oxygen atoms in total. The Morgan fingerprint density at radius 3 is 1.90 bits per heavy atom. The van der Waals surface area contributed by atoms with Crippen LogP contribution in [0.2, 0.25) is 0 Å². The minimum atomic E-state index is -0.554. The van der Waals surface area contributed by atoms with Crippen molar-refractivity contribution < 1.29 is 9.84 Å². The summed E-state index contributed by atoms with van der Waals surface area (Å²) in [7, 11) is 1.70. The van der Waals surface area contributed by atoms with E-state index in [1.807, 2.05) is 48.5 Å². The minimum absolute atomic E-state index is 0.0447. The van der Waals surface area contributed by atoms with Crippen molar-refractivity contribution in [2.75, 3.05) is 33.3 Å². The van der Waals surface area contributed by atoms with Crippen molar-refractivity contribution in [1.29, 1.82) is 0 Å². The van der Waals surface area contributed by atoms with Gasteiger partial charge in [0.05, 0.1) is 19.3 Å². The molecule has 156 valence electrons. The summed E-state index contributed by atoms with van der Waals surface area (Å²) in [5.41, 5.74) is 3.43. The molecule has 1 saturated heterocycles. The lowest BCUT2D eigenvalue weighted by atomic mass is 9.94. The average Bonchev–Trinajstić information content (AvgIpc) is 2.82. The van der Waals surface area contributed by atoms with Gasteiger partial charge >= 0.3 is 0 Å². The van der Waals surface area contributed by atoms with E-state index >= 15 is 0 Å². The normalized spacial score (nSPS) is 17.4. The molecular weight excluding hydrogens is 372 g/mol. The molecule has 4 rings (SSSR count). The molecule has 0 unspecified atom stereocenters. The molecule has 0 spiro atoms. The fourth-order valence-corrected chi connectivity index (χ4v) is 4.26. The molecule has 0 radical (unpaired) electrons. The number of aliphatic hydroxyl groups excluding tert-OH is 1.